The predicted molar refractivity (Wildman–Crippen MR) is 73.8 cm³/mol. The molecular formula is C14H9N5O2. The van der Waals surface area contributed by atoms with Crippen molar-refractivity contribution in [1.29, 1.82) is 5.26 Å². The van der Waals surface area contributed by atoms with Crippen molar-refractivity contribution in [2.45, 2.75) is 0 Å². The van der Waals surface area contributed by atoms with Gasteiger partial charge in [-0.05, 0) is 30.3 Å². The molecule has 0 aliphatic rings. The number of hydrogen-bond acceptors (Lipinski definition) is 5. The summed E-state index contributed by atoms with van der Waals surface area (Å²) in [5.41, 5.74) is 1.53. The van der Waals surface area contributed by atoms with Crippen molar-refractivity contribution in [2.75, 3.05) is 5.32 Å². The van der Waals surface area contributed by atoms with Crippen molar-refractivity contribution in [3.63, 3.8) is 0 Å². The third-order valence-corrected chi connectivity index (χ3v) is 2.93. The molecule has 3 rings (SSSR count). The Labute approximate surface area is 119 Å². The number of amides is 1. The van der Waals surface area contributed by atoms with Crippen LogP contribution in [0, 0.1) is 11.3 Å². The summed E-state index contributed by atoms with van der Waals surface area (Å²) in [6.45, 7) is 0. The van der Waals surface area contributed by atoms with E-state index in [2.05, 4.69) is 15.5 Å². The number of carbonyl (C=O) groups excluding carboxylic acids is 1. The molecule has 0 saturated heterocycles. The molecule has 0 bridgehead atoms. The third-order valence-electron chi connectivity index (χ3n) is 2.93. The average Bonchev–Trinajstić information content (AvgIpc) is 2.96. The van der Waals surface area contributed by atoms with Crippen LogP contribution in [0.4, 0.5) is 5.69 Å². The first kappa shape index (κ1) is 12.6. The van der Waals surface area contributed by atoms with Crippen LogP contribution in [0.2, 0.25) is 0 Å². The number of rotatable bonds is 2. The molecule has 0 unspecified atom stereocenters. The van der Waals surface area contributed by atoms with E-state index in [1.165, 1.54) is 24.5 Å². The van der Waals surface area contributed by atoms with Crippen LogP contribution in [-0.4, -0.2) is 25.6 Å². The summed E-state index contributed by atoms with van der Waals surface area (Å²) in [6.07, 6.45) is 3.07. The van der Waals surface area contributed by atoms with Gasteiger partial charge in [0.05, 0.1) is 22.9 Å². The van der Waals surface area contributed by atoms with Crippen LogP contribution in [0.5, 0.6) is 5.75 Å². The quantitative estimate of drug-likeness (QED) is 0.693. The molecule has 0 saturated carbocycles. The SMILES string of the molecule is N#Cc1ccc(O)c(NC(=O)c2ccc3nncn3c2)c1. The third kappa shape index (κ3) is 2.37. The number of phenolic OH excluding ortho intramolecular Hbond substituents is 1. The molecule has 1 amide bonds. The van der Waals surface area contributed by atoms with Crippen LogP contribution >= 0.6 is 0 Å². The molecular weight excluding hydrogens is 270 g/mol. The highest BCUT2D eigenvalue weighted by atomic mass is 16.3. The lowest BCUT2D eigenvalue weighted by Gasteiger charge is -2.07. The van der Waals surface area contributed by atoms with Gasteiger partial charge in [0.25, 0.3) is 5.91 Å². The number of hydrogen-bond donors (Lipinski definition) is 2. The Morgan fingerprint density at radius 1 is 1.33 bits per heavy atom. The van der Waals surface area contributed by atoms with Gasteiger partial charge in [0.1, 0.15) is 12.1 Å². The first-order chi connectivity index (χ1) is 10.2. The standard InChI is InChI=1S/C14H9N5O2/c15-6-9-1-3-12(20)11(5-9)17-14(21)10-2-4-13-18-16-8-19(13)7-10/h1-5,7-8,20H,(H,17,21). The van der Waals surface area contributed by atoms with E-state index in [0.29, 0.717) is 16.8 Å². The van der Waals surface area contributed by atoms with E-state index in [1.807, 2.05) is 6.07 Å². The van der Waals surface area contributed by atoms with Crippen LogP contribution in [0.15, 0.2) is 42.9 Å². The van der Waals surface area contributed by atoms with Gasteiger partial charge in [0, 0.05) is 6.20 Å². The van der Waals surface area contributed by atoms with E-state index in [4.69, 9.17) is 5.26 Å². The number of anilines is 1. The van der Waals surface area contributed by atoms with Gasteiger partial charge < -0.3 is 10.4 Å². The van der Waals surface area contributed by atoms with E-state index in [1.54, 1.807) is 22.7 Å². The van der Waals surface area contributed by atoms with Gasteiger partial charge in [-0.2, -0.15) is 5.26 Å². The number of phenols is 1. The maximum Gasteiger partial charge on any atom is 0.257 e. The zero-order valence-electron chi connectivity index (χ0n) is 10.7. The Balaban J connectivity index is 1.90. The van der Waals surface area contributed by atoms with Crippen molar-refractivity contribution in [2.24, 2.45) is 0 Å². The van der Waals surface area contributed by atoms with Crippen molar-refractivity contribution in [1.82, 2.24) is 14.6 Å². The number of nitriles is 1. The molecule has 0 atom stereocenters. The number of nitrogens with one attached hydrogen (secondary N) is 1. The van der Waals surface area contributed by atoms with Gasteiger partial charge in [0.2, 0.25) is 0 Å². The summed E-state index contributed by atoms with van der Waals surface area (Å²) in [6, 6.07) is 9.44. The van der Waals surface area contributed by atoms with Crippen LogP contribution in [0.1, 0.15) is 15.9 Å². The average molecular weight is 279 g/mol. The van der Waals surface area contributed by atoms with Crippen LogP contribution in [0.25, 0.3) is 5.65 Å². The molecule has 0 radical (unpaired) electrons. The highest BCUT2D eigenvalue weighted by molar-refractivity contribution is 6.05. The molecule has 0 aliphatic heterocycles. The summed E-state index contributed by atoms with van der Waals surface area (Å²) < 4.78 is 1.61. The first-order valence-corrected chi connectivity index (χ1v) is 6.01. The zero-order chi connectivity index (χ0) is 14.8. The number of aromatic nitrogens is 3. The normalized spacial score (nSPS) is 10.2. The molecule has 0 aliphatic carbocycles. The number of fused-ring (bicyclic) bond motifs is 1. The summed E-state index contributed by atoms with van der Waals surface area (Å²) >= 11 is 0. The minimum Gasteiger partial charge on any atom is -0.506 e. The second-order valence-electron chi connectivity index (χ2n) is 4.31. The maximum atomic E-state index is 12.2. The van der Waals surface area contributed by atoms with E-state index in [9.17, 15) is 9.90 Å². The molecule has 2 aromatic heterocycles. The fraction of sp³-hybridized carbons (Fsp3) is 0. The first-order valence-electron chi connectivity index (χ1n) is 6.01. The van der Waals surface area contributed by atoms with Crippen molar-refractivity contribution in [3.8, 4) is 11.8 Å². The minimum absolute atomic E-state index is 0.104. The van der Waals surface area contributed by atoms with Crippen LogP contribution < -0.4 is 5.32 Å². The number of aromatic hydroxyl groups is 1. The Morgan fingerprint density at radius 2 is 2.19 bits per heavy atom. The zero-order valence-corrected chi connectivity index (χ0v) is 10.7. The minimum atomic E-state index is -0.406. The molecule has 2 heterocycles. The van der Waals surface area contributed by atoms with E-state index in [-0.39, 0.29) is 11.4 Å². The molecule has 7 heteroatoms. The summed E-state index contributed by atoms with van der Waals surface area (Å²) in [7, 11) is 0. The van der Waals surface area contributed by atoms with Crippen molar-refractivity contribution >= 4 is 17.2 Å². The Kier molecular flexibility index (Phi) is 2.97. The second kappa shape index (κ2) is 4.94. The largest absolute Gasteiger partial charge is 0.506 e. The molecule has 0 fully saturated rings. The smallest absolute Gasteiger partial charge is 0.257 e. The summed E-state index contributed by atoms with van der Waals surface area (Å²) in [5.74, 6) is -0.510. The predicted octanol–water partition coefficient (Wildman–Crippen LogP) is 1.56. The van der Waals surface area contributed by atoms with E-state index >= 15 is 0 Å². The van der Waals surface area contributed by atoms with Crippen molar-refractivity contribution < 1.29 is 9.90 Å². The molecule has 102 valence electrons. The van der Waals surface area contributed by atoms with Gasteiger partial charge in [-0.25, -0.2) is 0 Å². The number of carbonyl (C=O) groups is 1. The molecule has 2 N–H and O–H groups in total. The Bertz CT molecular complexity index is 878. The lowest BCUT2D eigenvalue weighted by atomic mass is 10.2. The Morgan fingerprint density at radius 3 is 3.00 bits per heavy atom. The van der Waals surface area contributed by atoms with Gasteiger partial charge >= 0.3 is 0 Å². The summed E-state index contributed by atoms with van der Waals surface area (Å²) in [4.78, 5) is 12.2. The fourth-order valence-corrected chi connectivity index (χ4v) is 1.86. The van der Waals surface area contributed by atoms with E-state index < -0.39 is 5.91 Å². The van der Waals surface area contributed by atoms with Crippen LogP contribution in [-0.2, 0) is 0 Å². The van der Waals surface area contributed by atoms with E-state index in [0.717, 1.165) is 0 Å². The number of pyridine rings is 1. The second-order valence-corrected chi connectivity index (χ2v) is 4.31. The van der Waals surface area contributed by atoms with Gasteiger partial charge in [-0.1, -0.05) is 0 Å². The lowest BCUT2D eigenvalue weighted by Crippen LogP contribution is -2.12. The molecule has 3 aromatic rings. The Hall–Kier alpha value is -3.40. The molecule has 1 aromatic carbocycles. The number of benzene rings is 1. The molecule has 21 heavy (non-hydrogen) atoms. The van der Waals surface area contributed by atoms with Crippen LogP contribution in [0.3, 0.4) is 0 Å². The van der Waals surface area contributed by atoms with Crippen molar-refractivity contribution in [3.05, 3.63) is 54.0 Å². The highest BCUT2D eigenvalue weighted by Gasteiger charge is 2.11. The molecule has 0 spiro atoms. The monoisotopic (exact) mass is 279 g/mol. The molecule has 7 nitrogen and oxygen atoms in total. The maximum absolute atomic E-state index is 12.2. The number of nitrogens with zero attached hydrogens (tertiary/aromatic N) is 4. The highest BCUT2D eigenvalue weighted by Crippen LogP contribution is 2.24. The van der Waals surface area contributed by atoms with Gasteiger partial charge in [0.15, 0.2) is 5.65 Å². The van der Waals surface area contributed by atoms with Gasteiger partial charge in [-0.3, -0.25) is 9.20 Å². The van der Waals surface area contributed by atoms with Gasteiger partial charge in [-0.15, -0.1) is 10.2 Å². The topological polar surface area (TPSA) is 103 Å². The summed E-state index contributed by atoms with van der Waals surface area (Å²) in [5, 5.41) is 28.7. The lowest BCUT2D eigenvalue weighted by molar-refractivity contribution is 0.102. The fourth-order valence-electron chi connectivity index (χ4n) is 1.86.